The molecule has 1 atom stereocenters. The summed E-state index contributed by atoms with van der Waals surface area (Å²) >= 11 is 0. The average molecular weight is 284 g/mol. The van der Waals surface area contributed by atoms with Crippen molar-refractivity contribution < 1.29 is 9.53 Å². The van der Waals surface area contributed by atoms with Crippen molar-refractivity contribution in [3.8, 4) is 0 Å². The van der Waals surface area contributed by atoms with E-state index in [1.807, 2.05) is 6.92 Å². The predicted molar refractivity (Wildman–Crippen MR) is 82.8 cm³/mol. The Hall–Kier alpha value is -0.610. The Kier molecular flexibility index (Phi) is 7.52. The zero-order chi connectivity index (χ0) is 15.0. The molecule has 0 spiro atoms. The first-order valence-electron chi connectivity index (χ1n) is 8.06. The summed E-state index contributed by atoms with van der Waals surface area (Å²) in [6.45, 7) is 6.49. The topological polar surface area (TPSA) is 41.6 Å². The molecule has 0 bridgehead atoms. The lowest BCUT2D eigenvalue weighted by Gasteiger charge is -2.28. The maximum Gasteiger partial charge on any atom is 0.325 e. The van der Waals surface area contributed by atoms with Crippen LogP contribution in [0.3, 0.4) is 0 Å². The van der Waals surface area contributed by atoms with Gasteiger partial charge in [0.2, 0.25) is 0 Å². The molecule has 1 aliphatic rings. The maximum atomic E-state index is 12.0. The zero-order valence-electron chi connectivity index (χ0n) is 13.7. The number of rotatable bonds is 11. The molecule has 4 nitrogen and oxygen atoms in total. The minimum atomic E-state index is -0.502. The predicted octanol–water partition coefficient (Wildman–Crippen LogP) is 2.57. The van der Waals surface area contributed by atoms with Gasteiger partial charge in [-0.2, -0.15) is 0 Å². The Balaban J connectivity index is 2.26. The first kappa shape index (κ1) is 17.4. The molecule has 1 fully saturated rings. The van der Waals surface area contributed by atoms with Crippen LogP contribution >= 0.6 is 0 Å². The van der Waals surface area contributed by atoms with Crippen LogP contribution in [-0.4, -0.2) is 49.7 Å². The molecule has 4 heteroatoms. The highest BCUT2D eigenvalue weighted by Gasteiger charge is 2.38. The molecule has 0 aliphatic heterocycles. The van der Waals surface area contributed by atoms with Crippen LogP contribution in [0.2, 0.25) is 0 Å². The van der Waals surface area contributed by atoms with Crippen molar-refractivity contribution in [2.75, 3.05) is 27.2 Å². The molecular formula is C16H32N2O2. The van der Waals surface area contributed by atoms with Crippen molar-refractivity contribution in [3.05, 3.63) is 0 Å². The van der Waals surface area contributed by atoms with Crippen molar-refractivity contribution in [1.82, 2.24) is 10.2 Å². The van der Waals surface area contributed by atoms with E-state index in [-0.39, 0.29) is 5.97 Å². The van der Waals surface area contributed by atoms with E-state index in [4.69, 9.17) is 4.74 Å². The summed E-state index contributed by atoms with van der Waals surface area (Å²) in [5, 5.41) is 3.45. The summed E-state index contributed by atoms with van der Waals surface area (Å²) < 4.78 is 4.96. The lowest BCUT2D eigenvalue weighted by molar-refractivity contribution is -0.148. The number of hydrogen-bond acceptors (Lipinski definition) is 4. The number of esters is 1. The fourth-order valence-electron chi connectivity index (χ4n) is 2.54. The second-order valence-electron chi connectivity index (χ2n) is 6.36. The third-order valence-electron chi connectivity index (χ3n) is 4.10. The number of unbranched alkanes of at least 4 members (excludes halogenated alkanes) is 2. The Labute approximate surface area is 124 Å². The SMILES string of the molecule is CCCCN(C)CCCCC(C)(NC1CC1)C(=O)OC. The van der Waals surface area contributed by atoms with Gasteiger partial charge in [0, 0.05) is 6.04 Å². The second-order valence-corrected chi connectivity index (χ2v) is 6.36. The number of nitrogens with zero attached hydrogens (tertiary/aromatic N) is 1. The van der Waals surface area contributed by atoms with E-state index in [2.05, 4.69) is 24.2 Å². The molecule has 20 heavy (non-hydrogen) atoms. The van der Waals surface area contributed by atoms with Crippen molar-refractivity contribution >= 4 is 5.97 Å². The van der Waals surface area contributed by atoms with Gasteiger partial charge in [-0.3, -0.25) is 10.1 Å². The molecule has 1 aliphatic carbocycles. The first-order valence-corrected chi connectivity index (χ1v) is 8.06. The summed E-state index contributed by atoms with van der Waals surface area (Å²) in [6, 6.07) is 0.520. The normalized spacial score (nSPS) is 18.1. The molecule has 0 aromatic heterocycles. The highest BCUT2D eigenvalue weighted by molar-refractivity contribution is 5.80. The monoisotopic (exact) mass is 284 g/mol. The Morgan fingerprint density at radius 2 is 1.95 bits per heavy atom. The van der Waals surface area contributed by atoms with Crippen LogP contribution in [-0.2, 0) is 9.53 Å². The number of hydrogen-bond donors (Lipinski definition) is 1. The summed E-state index contributed by atoms with van der Waals surface area (Å²) in [5.41, 5.74) is -0.502. The molecule has 1 unspecified atom stereocenters. The molecule has 118 valence electrons. The van der Waals surface area contributed by atoms with Gasteiger partial charge in [0.25, 0.3) is 0 Å². The van der Waals surface area contributed by atoms with E-state index >= 15 is 0 Å². The molecular weight excluding hydrogens is 252 g/mol. The van der Waals surface area contributed by atoms with Gasteiger partial charge in [0.15, 0.2) is 0 Å². The number of carbonyl (C=O) groups is 1. The van der Waals surface area contributed by atoms with E-state index < -0.39 is 5.54 Å². The fraction of sp³-hybridized carbons (Fsp3) is 0.938. The Bertz CT molecular complexity index is 292. The summed E-state index contributed by atoms with van der Waals surface area (Å²) in [7, 11) is 3.66. The summed E-state index contributed by atoms with van der Waals surface area (Å²) in [4.78, 5) is 14.4. The lowest BCUT2D eigenvalue weighted by Crippen LogP contribution is -2.51. The lowest BCUT2D eigenvalue weighted by atomic mass is 9.94. The van der Waals surface area contributed by atoms with Crippen LogP contribution in [0.15, 0.2) is 0 Å². The fourth-order valence-corrected chi connectivity index (χ4v) is 2.54. The van der Waals surface area contributed by atoms with Gasteiger partial charge >= 0.3 is 5.97 Å². The standard InChI is InChI=1S/C16H32N2O2/c1-5-6-12-18(3)13-8-7-11-16(2,15(19)20-4)17-14-9-10-14/h14,17H,5-13H2,1-4H3. The van der Waals surface area contributed by atoms with E-state index in [1.165, 1.54) is 39.3 Å². The first-order chi connectivity index (χ1) is 9.51. The minimum Gasteiger partial charge on any atom is -0.468 e. The quantitative estimate of drug-likeness (QED) is 0.468. The highest BCUT2D eigenvalue weighted by Crippen LogP contribution is 2.26. The average Bonchev–Trinajstić information content (AvgIpc) is 3.24. The van der Waals surface area contributed by atoms with Crippen LogP contribution in [0.4, 0.5) is 0 Å². The number of nitrogens with one attached hydrogen (secondary N) is 1. The number of methoxy groups -OCH3 is 1. The summed E-state index contributed by atoms with van der Waals surface area (Å²) in [5.74, 6) is -0.122. The van der Waals surface area contributed by atoms with Crippen molar-refractivity contribution in [1.29, 1.82) is 0 Å². The van der Waals surface area contributed by atoms with Crippen LogP contribution in [0.1, 0.15) is 58.8 Å². The molecule has 0 saturated heterocycles. The maximum absolute atomic E-state index is 12.0. The molecule has 0 aromatic rings. The second kappa shape index (κ2) is 8.63. The third-order valence-corrected chi connectivity index (χ3v) is 4.10. The Morgan fingerprint density at radius 3 is 2.50 bits per heavy atom. The van der Waals surface area contributed by atoms with Crippen LogP contribution in [0.5, 0.6) is 0 Å². The van der Waals surface area contributed by atoms with E-state index in [9.17, 15) is 4.79 Å². The van der Waals surface area contributed by atoms with Gasteiger partial charge in [-0.1, -0.05) is 13.3 Å². The van der Waals surface area contributed by atoms with E-state index in [0.29, 0.717) is 6.04 Å². The van der Waals surface area contributed by atoms with Crippen molar-refractivity contribution in [2.45, 2.75) is 70.4 Å². The minimum absolute atomic E-state index is 0.122. The molecule has 0 amide bonds. The van der Waals surface area contributed by atoms with Crippen LogP contribution in [0, 0.1) is 0 Å². The van der Waals surface area contributed by atoms with Crippen molar-refractivity contribution in [3.63, 3.8) is 0 Å². The van der Waals surface area contributed by atoms with Crippen LogP contribution < -0.4 is 5.32 Å². The van der Waals surface area contributed by atoms with Gasteiger partial charge in [0.05, 0.1) is 7.11 Å². The van der Waals surface area contributed by atoms with Crippen molar-refractivity contribution in [2.24, 2.45) is 0 Å². The smallest absolute Gasteiger partial charge is 0.325 e. The largest absolute Gasteiger partial charge is 0.468 e. The Morgan fingerprint density at radius 1 is 1.30 bits per heavy atom. The molecule has 1 saturated carbocycles. The van der Waals surface area contributed by atoms with Gasteiger partial charge < -0.3 is 9.64 Å². The summed E-state index contributed by atoms with van der Waals surface area (Å²) in [6.07, 6.45) is 7.94. The molecule has 0 radical (unpaired) electrons. The number of ether oxygens (including phenoxy) is 1. The van der Waals surface area contributed by atoms with Gasteiger partial charge in [-0.25, -0.2) is 0 Å². The zero-order valence-corrected chi connectivity index (χ0v) is 13.7. The molecule has 1 rings (SSSR count). The highest BCUT2D eigenvalue weighted by atomic mass is 16.5. The molecule has 1 N–H and O–H groups in total. The van der Waals surface area contributed by atoms with Gasteiger partial charge in [-0.15, -0.1) is 0 Å². The van der Waals surface area contributed by atoms with Gasteiger partial charge in [-0.05, 0) is 65.6 Å². The van der Waals surface area contributed by atoms with Crippen LogP contribution in [0.25, 0.3) is 0 Å². The van der Waals surface area contributed by atoms with E-state index in [0.717, 1.165) is 25.8 Å². The van der Waals surface area contributed by atoms with E-state index in [1.54, 1.807) is 0 Å². The number of carbonyl (C=O) groups excluding carboxylic acids is 1. The van der Waals surface area contributed by atoms with Gasteiger partial charge in [0.1, 0.15) is 5.54 Å². The molecule has 0 aromatic carbocycles. The molecule has 0 heterocycles. The third kappa shape index (κ3) is 6.23.